The molecule has 2 aliphatic rings. The van der Waals surface area contributed by atoms with Crippen LogP contribution in [0.4, 0.5) is 5.69 Å². The van der Waals surface area contributed by atoms with E-state index in [1.165, 1.54) is 38.6 Å². The molecule has 1 heterocycles. The van der Waals surface area contributed by atoms with Crippen LogP contribution in [0.3, 0.4) is 0 Å². The van der Waals surface area contributed by atoms with Crippen molar-refractivity contribution in [1.29, 1.82) is 0 Å². The molecule has 0 atom stereocenters. The van der Waals surface area contributed by atoms with E-state index in [4.69, 9.17) is 23.2 Å². The first kappa shape index (κ1) is 16.4. The lowest BCUT2D eigenvalue weighted by Crippen LogP contribution is -2.47. The Balaban J connectivity index is 1.47. The molecule has 4 heteroatoms. The van der Waals surface area contributed by atoms with Gasteiger partial charge in [-0.05, 0) is 50.3 Å². The molecule has 22 heavy (non-hydrogen) atoms. The Morgan fingerprint density at radius 3 is 2.45 bits per heavy atom. The summed E-state index contributed by atoms with van der Waals surface area (Å²) in [6.45, 7) is 5.59. The minimum atomic E-state index is 0.649. The van der Waals surface area contributed by atoms with E-state index in [2.05, 4.69) is 22.3 Å². The number of nitrogens with zero attached hydrogens (tertiary/aromatic N) is 2. The number of piperazine rings is 1. The van der Waals surface area contributed by atoms with Crippen LogP contribution in [-0.4, -0.2) is 37.6 Å². The van der Waals surface area contributed by atoms with Crippen LogP contribution in [0.5, 0.6) is 0 Å². The van der Waals surface area contributed by atoms with Gasteiger partial charge in [-0.3, -0.25) is 4.90 Å². The van der Waals surface area contributed by atoms with Gasteiger partial charge < -0.3 is 4.90 Å². The van der Waals surface area contributed by atoms with Gasteiger partial charge in [0.25, 0.3) is 0 Å². The summed E-state index contributed by atoms with van der Waals surface area (Å²) in [5.41, 5.74) is 1.08. The molecule has 0 N–H and O–H groups in total. The molecule has 1 aromatic carbocycles. The second-order valence-corrected chi connectivity index (χ2v) is 7.28. The lowest BCUT2D eigenvalue weighted by Gasteiger charge is -2.37. The zero-order valence-electron chi connectivity index (χ0n) is 13.1. The van der Waals surface area contributed by atoms with Crippen molar-refractivity contribution in [2.45, 2.75) is 32.1 Å². The van der Waals surface area contributed by atoms with Gasteiger partial charge in [-0.15, -0.1) is 0 Å². The van der Waals surface area contributed by atoms with Gasteiger partial charge in [0, 0.05) is 26.2 Å². The predicted octanol–water partition coefficient (Wildman–Crippen LogP) is 4.90. The molecule has 1 saturated carbocycles. The lowest BCUT2D eigenvalue weighted by atomic mass is 9.87. The van der Waals surface area contributed by atoms with Crippen LogP contribution in [0.25, 0.3) is 0 Å². The van der Waals surface area contributed by atoms with Crippen molar-refractivity contribution < 1.29 is 0 Å². The third-order valence-corrected chi connectivity index (χ3v) is 5.86. The number of hydrogen-bond acceptors (Lipinski definition) is 2. The molecule has 1 aromatic rings. The van der Waals surface area contributed by atoms with E-state index < -0.39 is 0 Å². The average molecular weight is 340 g/mol. The minimum absolute atomic E-state index is 0.649. The maximum atomic E-state index is 6.34. The lowest BCUT2D eigenvalue weighted by molar-refractivity contribution is 0.227. The molecule has 1 aliphatic carbocycles. The summed E-state index contributed by atoms with van der Waals surface area (Å²) in [6.07, 6.45) is 9.27. The fraction of sp³-hybridized carbons (Fsp3) is 0.611. The normalized spacial score (nSPS) is 21.3. The largest absolute Gasteiger partial charge is 0.368 e. The van der Waals surface area contributed by atoms with Crippen LogP contribution >= 0.6 is 23.2 Å². The highest BCUT2D eigenvalue weighted by Crippen LogP contribution is 2.33. The Hall–Kier alpha value is -0.440. The number of rotatable bonds is 4. The molecule has 121 valence electrons. The summed E-state index contributed by atoms with van der Waals surface area (Å²) in [5, 5.41) is 1.34. The Labute approximate surface area is 144 Å². The van der Waals surface area contributed by atoms with Crippen molar-refractivity contribution in [2.75, 3.05) is 37.6 Å². The molecule has 1 saturated heterocycles. The second kappa shape index (κ2) is 7.90. The molecule has 0 spiro atoms. The van der Waals surface area contributed by atoms with Gasteiger partial charge in [-0.1, -0.05) is 42.1 Å². The SMILES string of the molecule is Clc1cccc(N2CCN(CCC3CC[CH]CC3)CC2)c1Cl. The van der Waals surface area contributed by atoms with Crippen molar-refractivity contribution >= 4 is 28.9 Å². The van der Waals surface area contributed by atoms with Gasteiger partial charge in [-0.2, -0.15) is 0 Å². The highest BCUT2D eigenvalue weighted by Gasteiger charge is 2.21. The zero-order chi connectivity index (χ0) is 15.4. The van der Waals surface area contributed by atoms with E-state index in [9.17, 15) is 0 Å². The van der Waals surface area contributed by atoms with Gasteiger partial charge in [-0.25, -0.2) is 0 Å². The Bertz CT molecular complexity index is 478. The third kappa shape index (κ3) is 4.10. The number of anilines is 1. The molecule has 0 amide bonds. The molecule has 1 radical (unpaired) electrons. The van der Waals surface area contributed by atoms with Crippen LogP contribution in [-0.2, 0) is 0 Å². The van der Waals surface area contributed by atoms with Crippen molar-refractivity contribution in [3.8, 4) is 0 Å². The molecule has 0 unspecified atom stereocenters. The van der Waals surface area contributed by atoms with Crippen LogP contribution in [0, 0.1) is 12.3 Å². The highest BCUT2D eigenvalue weighted by atomic mass is 35.5. The van der Waals surface area contributed by atoms with E-state index >= 15 is 0 Å². The first-order valence-corrected chi connectivity index (χ1v) is 9.22. The Kier molecular flexibility index (Phi) is 5.89. The van der Waals surface area contributed by atoms with E-state index in [1.54, 1.807) is 0 Å². The zero-order valence-corrected chi connectivity index (χ0v) is 14.6. The minimum Gasteiger partial charge on any atom is -0.368 e. The summed E-state index contributed by atoms with van der Waals surface area (Å²) in [7, 11) is 0. The summed E-state index contributed by atoms with van der Waals surface area (Å²) >= 11 is 12.5. The molecular weight excluding hydrogens is 315 g/mol. The quantitative estimate of drug-likeness (QED) is 0.769. The number of benzene rings is 1. The topological polar surface area (TPSA) is 6.48 Å². The van der Waals surface area contributed by atoms with Crippen molar-refractivity contribution in [3.63, 3.8) is 0 Å². The second-order valence-electron chi connectivity index (χ2n) is 6.50. The molecule has 0 aromatic heterocycles. The smallest absolute Gasteiger partial charge is 0.0825 e. The number of hydrogen-bond donors (Lipinski definition) is 0. The molecule has 3 rings (SSSR count). The van der Waals surface area contributed by atoms with Gasteiger partial charge in [0.05, 0.1) is 15.7 Å². The van der Waals surface area contributed by atoms with Gasteiger partial charge >= 0.3 is 0 Å². The molecule has 2 nitrogen and oxygen atoms in total. The average Bonchev–Trinajstić information content (AvgIpc) is 2.57. The van der Waals surface area contributed by atoms with Crippen LogP contribution < -0.4 is 4.90 Å². The maximum absolute atomic E-state index is 6.34. The van der Waals surface area contributed by atoms with Crippen molar-refractivity contribution in [2.24, 2.45) is 5.92 Å². The van der Waals surface area contributed by atoms with E-state index in [-0.39, 0.29) is 0 Å². The summed E-state index contributed by atoms with van der Waals surface area (Å²) in [4.78, 5) is 4.97. The fourth-order valence-corrected chi connectivity index (χ4v) is 4.01. The summed E-state index contributed by atoms with van der Waals surface area (Å²) in [5.74, 6) is 0.949. The Morgan fingerprint density at radius 1 is 1.00 bits per heavy atom. The predicted molar refractivity (Wildman–Crippen MR) is 96.0 cm³/mol. The maximum Gasteiger partial charge on any atom is 0.0825 e. The van der Waals surface area contributed by atoms with Gasteiger partial charge in [0.2, 0.25) is 0 Å². The first-order chi connectivity index (χ1) is 10.7. The standard InChI is InChI=1S/C18H25Cl2N2/c19-16-7-4-8-17(18(16)20)22-13-11-21(12-14-22)10-9-15-5-2-1-3-6-15/h1,4,7-8,15H,2-3,5-6,9-14H2. The summed E-state index contributed by atoms with van der Waals surface area (Å²) < 4.78 is 0. The van der Waals surface area contributed by atoms with E-state index in [0.29, 0.717) is 10.0 Å². The monoisotopic (exact) mass is 339 g/mol. The molecule has 1 aliphatic heterocycles. The highest BCUT2D eigenvalue weighted by molar-refractivity contribution is 6.43. The van der Waals surface area contributed by atoms with Crippen LogP contribution in [0.15, 0.2) is 18.2 Å². The molecular formula is C18H25Cl2N2. The van der Waals surface area contributed by atoms with E-state index in [1.807, 2.05) is 12.1 Å². The van der Waals surface area contributed by atoms with Crippen molar-refractivity contribution in [1.82, 2.24) is 4.90 Å². The van der Waals surface area contributed by atoms with Crippen LogP contribution in [0.2, 0.25) is 10.0 Å². The summed E-state index contributed by atoms with van der Waals surface area (Å²) in [6, 6.07) is 5.91. The molecule has 2 fully saturated rings. The number of halogens is 2. The Morgan fingerprint density at radius 2 is 1.73 bits per heavy atom. The first-order valence-electron chi connectivity index (χ1n) is 8.47. The van der Waals surface area contributed by atoms with Gasteiger partial charge in [0.15, 0.2) is 0 Å². The third-order valence-electron chi connectivity index (χ3n) is 5.06. The van der Waals surface area contributed by atoms with E-state index in [0.717, 1.165) is 37.8 Å². The van der Waals surface area contributed by atoms with Crippen LogP contribution in [0.1, 0.15) is 32.1 Å². The molecule has 0 bridgehead atoms. The van der Waals surface area contributed by atoms with Gasteiger partial charge in [0.1, 0.15) is 0 Å². The van der Waals surface area contributed by atoms with Crippen molar-refractivity contribution in [3.05, 3.63) is 34.7 Å². The fourth-order valence-electron chi connectivity index (χ4n) is 3.60.